The number of carbonyl (C=O) groups is 2. The predicted molar refractivity (Wildman–Crippen MR) is 140 cm³/mol. The molecule has 2 aromatic carbocycles. The minimum Gasteiger partial charge on any atom is -0.376 e. The molecule has 1 aliphatic carbocycles. The van der Waals surface area contributed by atoms with Gasteiger partial charge in [-0.2, -0.15) is 0 Å². The molecule has 2 aliphatic rings. The summed E-state index contributed by atoms with van der Waals surface area (Å²) >= 11 is 0. The van der Waals surface area contributed by atoms with Crippen molar-refractivity contribution in [2.75, 3.05) is 25.0 Å². The molecule has 5 rings (SSSR count). The number of amides is 2. The predicted octanol–water partition coefficient (Wildman–Crippen LogP) is 4.98. The first kappa shape index (κ1) is 24.3. The van der Waals surface area contributed by atoms with Gasteiger partial charge in [-0.1, -0.05) is 60.9 Å². The quantitative estimate of drug-likeness (QED) is 0.487. The van der Waals surface area contributed by atoms with Crippen LogP contribution in [0.25, 0.3) is 16.9 Å². The summed E-state index contributed by atoms with van der Waals surface area (Å²) in [4.78, 5) is 33.1. The maximum absolute atomic E-state index is 13.3. The van der Waals surface area contributed by atoms with E-state index in [9.17, 15) is 9.59 Å². The van der Waals surface area contributed by atoms with Crippen LogP contribution in [-0.2, 0) is 14.3 Å². The number of ether oxygens (including phenoxy) is 1. The molecule has 1 saturated heterocycles. The Morgan fingerprint density at radius 1 is 1.03 bits per heavy atom. The summed E-state index contributed by atoms with van der Waals surface area (Å²) in [5.74, 6) is 0.273. The summed E-state index contributed by atoms with van der Waals surface area (Å²) in [7, 11) is 0. The lowest BCUT2D eigenvalue weighted by Gasteiger charge is -2.27. The van der Waals surface area contributed by atoms with Crippen molar-refractivity contribution in [3.05, 3.63) is 66.4 Å². The normalized spacial score (nSPS) is 17.9. The van der Waals surface area contributed by atoms with Crippen molar-refractivity contribution in [3.8, 4) is 16.9 Å². The first-order chi connectivity index (χ1) is 17.6. The third kappa shape index (κ3) is 5.68. The molecular formula is C29H34N4O3. The molecule has 2 fully saturated rings. The highest BCUT2D eigenvalue weighted by atomic mass is 16.5. The number of rotatable bonds is 8. The van der Waals surface area contributed by atoms with Gasteiger partial charge in [0.2, 0.25) is 17.8 Å². The number of aromatic nitrogens is 2. The van der Waals surface area contributed by atoms with Crippen molar-refractivity contribution in [1.29, 1.82) is 0 Å². The molecule has 2 heterocycles. The standard InChI is InChI=1S/C29H34N4O3/c1-21-13-15-24(16-14-21)33-19-26(22-8-3-2-4-9-22)30-29(33)31-27(34)20-32(18-25-12-7-17-36-25)28(35)23-10-5-6-11-23/h2-4,8-9,13-16,19,23,25H,5-7,10-12,17-18,20H2,1H3,(H,30,31,34)/t25-/m1/s1. The maximum atomic E-state index is 13.3. The second-order valence-electron chi connectivity index (χ2n) is 9.90. The fraction of sp³-hybridized carbons (Fsp3) is 0.414. The molecule has 1 aliphatic heterocycles. The topological polar surface area (TPSA) is 76.5 Å². The molecule has 0 bridgehead atoms. The molecule has 7 nitrogen and oxygen atoms in total. The Morgan fingerprint density at radius 3 is 2.47 bits per heavy atom. The number of hydrogen-bond acceptors (Lipinski definition) is 4. The molecule has 0 radical (unpaired) electrons. The van der Waals surface area contributed by atoms with Gasteiger partial charge < -0.3 is 9.64 Å². The summed E-state index contributed by atoms with van der Waals surface area (Å²) < 4.78 is 7.68. The summed E-state index contributed by atoms with van der Waals surface area (Å²) in [5.41, 5.74) is 3.80. The van der Waals surface area contributed by atoms with E-state index in [0.717, 1.165) is 67.6 Å². The highest BCUT2D eigenvalue weighted by Gasteiger charge is 2.31. The molecule has 3 aromatic rings. The van der Waals surface area contributed by atoms with Crippen molar-refractivity contribution in [1.82, 2.24) is 14.5 Å². The summed E-state index contributed by atoms with van der Waals surface area (Å²) in [5, 5.41) is 2.99. The fourth-order valence-electron chi connectivity index (χ4n) is 5.15. The Bertz CT molecular complexity index is 1180. The van der Waals surface area contributed by atoms with Gasteiger partial charge in [-0.15, -0.1) is 0 Å². The SMILES string of the molecule is Cc1ccc(-n2cc(-c3ccccc3)nc2NC(=O)CN(C[C@H]2CCCO2)C(=O)C2CCCC2)cc1. The van der Waals surface area contributed by atoms with Gasteiger partial charge in [-0.25, -0.2) is 4.98 Å². The van der Waals surface area contributed by atoms with Gasteiger partial charge in [0.25, 0.3) is 0 Å². The summed E-state index contributed by atoms with van der Waals surface area (Å²) in [6.07, 6.45) is 7.82. The Morgan fingerprint density at radius 2 is 1.78 bits per heavy atom. The molecule has 188 valence electrons. The van der Waals surface area contributed by atoms with Crippen molar-refractivity contribution in [2.45, 2.75) is 51.6 Å². The second kappa shape index (κ2) is 11.1. The molecular weight excluding hydrogens is 452 g/mol. The third-order valence-corrected chi connectivity index (χ3v) is 7.14. The van der Waals surface area contributed by atoms with E-state index in [0.29, 0.717) is 12.5 Å². The maximum Gasteiger partial charge on any atom is 0.246 e. The lowest BCUT2D eigenvalue weighted by Crippen LogP contribution is -2.44. The lowest BCUT2D eigenvalue weighted by molar-refractivity contribution is -0.139. The zero-order valence-corrected chi connectivity index (χ0v) is 20.9. The first-order valence-corrected chi connectivity index (χ1v) is 13.0. The average Bonchev–Trinajstić information content (AvgIpc) is 3.67. The van der Waals surface area contributed by atoms with E-state index in [4.69, 9.17) is 9.72 Å². The van der Waals surface area contributed by atoms with Gasteiger partial charge in [0, 0.05) is 36.5 Å². The van der Waals surface area contributed by atoms with Gasteiger partial charge in [-0.05, 0) is 44.7 Å². The number of benzene rings is 2. The number of imidazole rings is 1. The van der Waals surface area contributed by atoms with Crippen LogP contribution in [0.3, 0.4) is 0 Å². The molecule has 1 aromatic heterocycles. The van der Waals surface area contributed by atoms with E-state index in [1.54, 1.807) is 4.90 Å². The van der Waals surface area contributed by atoms with E-state index in [-0.39, 0.29) is 30.4 Å². The highest BCUT2D eigenvalue weighted by molar-refractivity contribution is 5.94. The smallest absolute Gasteiger partial charge is 0.246 e. The van der Waals surface area contributed by atoms with E-state index in [2.05, 4.69) is 5.32 Å². The Kier molecular flexibility index (Phi) is 7.47. The van der Waals surface area contributed by atoms with E-state index in [1.807, 2.05) is 72.3 Å². The van der Waals surface area contributed by atoms with E-state index >= 15 is 0 Å². The molecule has 0 unspecified atom stereocenters. The van der Waals surface area contributed by atoms with Crippen LogP contribution in [-0.4, -0.2) is 52.1 Å². The number of nitrogens with zero attached hydrogens (tertiary/aromatic N) is 3. The van der Waals surface area contributed by atoms with Crippen LogP contribution in [0.4, 0.5) is 5.95 Å². The lowest BCUT2D eigenvalue weighted by atomic mass is 10.1. The Labute approximate surface area is 212 Å². The van der Waals surface area contributed by atoms with Crippen LogP contribution in [0.15, 0.2) is 60.8 Å². The number of anilines is 1. The highest BCUT2D eigenvalue weighted by Crippen LogP contribution is 2.28. The first-order valence-electron chi connectivity index (χ1n) is 13.0. The van der Waals surface area contributed by atoms with Gasteiger partial charge in [0.15, 0.2) is 0 Å². The Balaban J connectivity index is 1.38. The number of aryl methyl sites for hydroxylation is 1. The van der Waals surface area contributed by atoms with Gasteiger partial charge >= 0.3 is 0 Å². The molecule has 36 heavy (non-hydrogen) atoms. The number of carbonyl (C=O) groups excluding carboxylic acids is 2. The van der Waals surface area contributed by atoms with E-state index < -0.39 is 0 Å². The number of hydrogen-bond donors (Lipinski definition) is 1. The van der Waals surface area contributed by atoms with Crippen LogP contribution >= 0.6 is 0 Å². The molecule has 7 heteroatoms. The molecule has 1 atom stereocenters. The van der Waals surface area contributed by atoms with Crippen molar-refractivity contribution in [2.24, 2.45) is 5.92 Å². The monoisotopic (exact) mass is 486 g/mol. The molecule has 2 amide bonds. The van der Waals surface area contributed by atoms with Gasteiger partial charge in [-0.3, -0.25) is 19.5 Å². The second-order valence-corrected chi connectivity index (χ2v) is 9.90. The summed E-state index contributed by atoms with van der Waals surface area (Å²) in [6, 6.07) is 18.0. The zero-order valence-electron chi connectivity index (χ0n) is 20.9. The van der Waals surface area contributed by atoms with Crippen molar-refractivity contribution < 1.29 is 14.3 Å². The van der Waals surface area contributed by atoms with Crippen LogP contribution < -0.4 is 5.32 Å². The minimum atomic E-state index is -0.252. The van der Waals surface area contributed by atoms with Crippen molar-refractivity contribution in [3.63, 3.8) is 0 Å². The molecule has 0 spiro atoms. The zero-order chi connectivity index (χ0) is 24.9. The third-order valence-electron chi connectivity index (χ3n) is 7.14. The van der Waals surface area contributed by atoms with E-state index in [1.165, 1.54) is 0 Å². The minimum absolute atomic E-state index is 0.00220. The van der Waals surface area contributed by atoms with Crippen molar-refractivity contribution >= 4 is 17.8 Å². The number of nitrogens with one attached hydrogen (secondary N) is 1. The van der Waals surface area contributed by atoms with Gasteiger partial charge in [0.1, 0.15) is 6.54 Å². The van der Waals surface area contributed by atoms with Crippen LogP contribution in [0, 0.1) is 12.8 Å². The molecule has 1 N–H and O–H groups in total. The van der Waals surface area contributed by atoms with Gasteiger partial charge in [0.05, 0.1) is 11.8 Å². The molecule has 1 saturated carbocycles. The van der Waals surface area contributed by atoms with Crippen LogP contribution in [0.5, 0.6) is 0 Å². The Hall–Kier alpha value is -3.45. The van der Waals surface area contributed by atoms with Crippen LogP contribution in [0.2, 0.25) is 0 Å². The average molecular weight is 487 g/mol. The largest absolute Gasteiger partial charge is 0.376 e. The van der Waals surface area contributed by atoms with Crippen LogP contribution in [0.1, 0.15) is 44.1 Å². The fourth-order valence-corrected chi connectivity index (χ4v) is 5.15. The summed E-state index contributed by atoms with van der Waals surface area (Å²) in [6.45, 7) is 3.22.